The SMILES string of the molecule is CCOc1cc(OC2CCN(C)CC2)ccc1Nc1ncc(Cl)c(Nc2ccccc2S(=O)(=O)NC2CCCC2)n1. The molecule has 0 bridgehead atoms. The van der Waals surface area contributed by atoms with E-state index >= 15 is 0 Å². The Kier molecular flexibility index (Phi) is 9.49. The van der Waals surface area contributed by atoms with Gasteiger partial charge >= 0.3 is 0 Å². The normalized spacial score (nSPS) is 17.0. The van der Waals surface area contributed by atoms with E-state index < -0.39 is 10.0 Å². The average Bonchev–Trinajstić information content (AvgIpc) is 3.46. The number of anilines is 4. The molecule has 2 fully saturated rings. The number of aromatic nitrogens is 2. The van der Waals surface area contributed by atoms with Crippen LogP contribution in [0.4, 0.5) is 23.1 Å². The molecule has 3 N–H and O–H groups in total. The highest BCUT2D eigenvalue weighted by molar-refractivity contribution is 7.89. The minimum atomic E-state index is -3.74. The molecule has 0 radical (unpaired) electrons. The van der Waals surface area contributed by atoms with Gasteiger partial charge in [-0.15, -0.1) is 0 Å². The van der Waals surface area contributed by atoms with Crippen molar-refractivity contribution in [2.45, 2.75) is 62.5 Å². The van der Waals surface area contributed by atoms with Gasteiger partial charge in [-0.2, -0.15) is 4.98 Å². The Hall–Kier alpha value is -3.12. The van der Waals surface area contributed by atoms with Crippen LogP contribution < -0.4 is 24.8 Å². The maximum atomic E-state index is 13.2. The third-order valence-corrected chi connectivity index (χ3v) is 9.17. The van der Waals surface area contributed by atoms with Crippen LogP contribution in [0.3, 0.4) is 0 Å². The first-order valence-corrected chi connectivity index (χ1v) is 16.0. The molecule has 1 saturated carbocycles. The van der Waals surface area contributed by atoms with Gasteiger partial charge in [0.1, 0.15) is 27.5 Å². The van der Waals surface area contributed by atoms with E-state index in [-0.39, 0.29) is 33.8 Å². The van der Waals surface area contributed by atoms with Crippen molar-refractivity contribution in [3.63, 3.8) is 0 Å². The van der Waals surface area contributed by atoms with Crippen molar-refractivity contribution in [2.75, 3.05) is 37.4 Å². The summed E-state index contributed by atoms with van der Waals surface area (Å²) in [6.45, 7) is 4.42. The van der Waals surface area contributed by atoms with Crippen LogP contribution in [0.25, 0.3) is 0 Å². The van der Waals surface area contributed by atoms with E-state index in [9.17, 15) is 8.42 Å². The van der Waals surface area contributed by atoms with E-state index in [1.807, 2.05) is 25.1 Å². The summed E-state index contributed by atoms with van der Waals surface area (Å²) in [5, 5.41) is 6.55. The lowest BCUT2D eigenvalue weighted by atomic mass is 10.1. The number of nitrogens with zero attached hydrogens (tertiary/aromatic N) is 3. The zero-order valence-electron chi connectivity index (χ0n) is 23.4. The molecule has 1 aliphatic carbocycles. The highest BCUT2D eigenvalue weighted by Crippen LogP contribution is 2.34. The topological polar surface area (TPSA) is 118 Å². The van der Waals surface area contributed by atoms with Gasteiger partial charge in [-0.1, -0.05) is 36.6 Å². The monoisotopic (exact) mass is 600 g/mol. The van der Waals surface area contributed by atoms with Gasteiger partial charge < -0.3 is 25.0 Å². The van der Waals surface area contributed by atoms with Crippen molar-refractivity contribution in [1.29, 1.82) is 0 Å². The minimum absolute atomic E-state index is 0.0489. The zero-order valence-corrected chi connectivity index (χ0v) is 25.0. The minimum Gasteiger partial charge on any atom is -0.492 e. The van der Waals surface area contributed by atoms with Crippen molar-refractivity contribution < 1.29 is 17.9 Å². The summed E-state index contributed by atoms with van der Waals surface area (Å²) in [5.74, 6) is 1.90. The molecule has 3 aromatic rings. The van der Waals surface area contributed by atoms with Gasteiger partial charge in [-0.3, -0.25) is 0 Å². The molecule has 5 rings (SSSR count). The number of para-hydroxylation sites is 1. The Balaban J connectivity index is 1.33. The van der Waals surface area contributed by atoms with E-state index in [4.69, 9.17) is 21.1 Å². The number of sulfonamides is 1. The first-order chi connectivity index (χ1) is 19.8. The molecule has 1 aliphatic heterocycles. The summed E-state index contributed by atoms with van der Waals surface area (Å²) < 4.78 is 41.4. The van der Waals surface area contributed by atoms with Crippen LogP contribution in [0.5, 0.6) is 11.5 Å². The predicted octanol–water partition coefficient (Wildman–Crippen LogP) is 5.71. The summed E-state index contributed by atoms with van der Waals surface area (Å²) in [5.41, 5.74) is 1.04. The van der Waals surface area contributed by atoms with E-state index in [1.165, 1.54) is 6.20 Å². The van der Waals surface area contributed by atoms with E-state index in [0.717, 1.165) is 57.4 Å². The molecule has 12 heteroatoms. The smallest absolute Gasteiger partial charge is 0.242 e. The Morgan fingerprint density at radius 2 is 1.78 bits per heavy atom. The molecule has 10 nitrogen and oxygen atoms in total. The van der Waals surface area contributed by atoms with Gasteiger partial charge in [-0.05, 0) is 63.9 Å². The lowest BCUT2D eigenvalue weighted by molar-refractivity contribution is 0.114. The van der Waals surface area contributed by atoms with Gasteiger partial charge in [0.15, 0.2) is 5.82 Å². The first kappa shape index (κ1) is 29.4. The second-order valence-corrected chi connectivity index (χ2v) is 12.5. The fourth-order valence-corrected chi connectivity index (χ4v) is 6.75. The van der Waals surface area contributed by atoms with Crippen LogP contribution in [0.2, 0.25) is 5.02 Å². The predicted molar refractivity (Wildman–Crippen MR) is 161 cm³/mol. The molecule has 0 spiro atoms. The Morgan fingerprint density at radius 1 is 1.02 bits per heavy atom. The number of halogens is 1. The number of hydrogen-bond acceptors (Lipinski definition) is 9. The van der Waals surface area contributed by atoms with Crippen LogP contribution in [-0.4, -0.2) is 62.2 Å². The quantitative estimate of drug-likeness (QED) is 0.254. The number of benzene rings is 2. The molecule has 0 amide bonds. The van der Waals surface area contributed by atoms with Crippen LogP contribution in [-0.2, 0) is 10.0 Å². The van der Waals surface area contributed by atoms with E-state index in [2.05, 4.69) is 37.3 Å². The standard InChI is InChI=1S/C29H37ClN6O4S/c1-3-39-26-18-22(40-21-14-16-36(2)17-15-21)12-13-24(26)33-29-31-19-23(30)28(34-29)32-25-10-6-7-11-27(25)41(37,38)35-20-8-4-5-9-20/h6-7,10-13,18-21,35H,3-5,8-9,14-17H2,1-2H3,(H2,31,32,33,34). The second kappa shape index (κ2) is 13.2. The molecule has 220 valence electrons. The molecule has 1 aromatic heterocycles. The van der Waals surface area contributed by atoms with Crippen molar-refractivity contribution in [3.05, 3.63) is 53.7 Å². The van der Waals surface area contributed by atoms with Crippen molar-refractivity contribution >= 4 is 44.8 Å². The maximum absolute atomic E-state index is 13.2. The fourth-order valence-electron chi connectivity index (χ4n) is 5.14. The summed E-state index contributed by atoms with van der Waals surface area (Å²) >= 11 is 6.43. The molecule has 1 saturated heterocycles. The Morgan fingerprint density at radius 3 is 2.54 bits per heavy atom. The molecule has 2 heterocycles. The summed E-state index contributed by atoms with van der Waals surface area (Å²) in [6, 6.07) is 12.3. The van der Waals surface area contributed by atoms with Crippen LogP contribution in [0.15, 0.2) is 53.6 Å². The van der Waals surface area contributed by atoms with Gasteiger partial charge in [0.2, 0.25) is 16.0 Å². The zero-order chi connectivity index (χ0) is 28.8. The average molecular weight is 601 g/mol. The number of likely N-dealkylation sites (tertiary alicyclic amines) is 1. The van der Waals surface area contributed by atoms with Crippen molar-refractivity contribution in [2.24, 2.45) is 0 Å². The number of nitrogens with one attached hydrogen (secondary N) is 3. The summed E-state index contributed by atoms with van der Waals surface area (Å²) in [7, 11) is -1.62. The number of hydrogen-bond donors (Lipinski definition) is 3. The van der Waals surface area contributed by atoms with Crippen LogP contribution in [0, 0.1) is 0 Å². The van der Waals surface area contributed by atoms with Crippen molar-refractivity contribution in [3.8, 4) is 11.5 Å². The van der Waals surface area contributed by atoms with E-state index in [1.54, 1.807) is 24.3 Å². The maximum Gasteiger partial charge on any atom is 0.242 e. The van der Waals surface area contributed by atoms with Crippen molar-refractivity contribution in [1.82, 2.24) is 19.6 Å². The molecule has 0 atom stereocenters. The van der Waals surface area contributed by atoms with Gasteiger partial charge in [0.05, 0.1) is 24.2 Å². The van der Waals surface area contributed by atoms with Gasteiger partial charge in [-0.25, -0.2) is 18.1 Å². The molecular formula is C29H37ClN6O4S. The lowest BCUT2D eigenvalue weighted by Gasteiger charge is -2.29. The molecular weight excluding hydrogens is 564 g/mol. The third kappa shape index (κ3) is 7.59. The molecule has 0 unspecified atom stereocenters. The highest BCUT2D eigenvalue weighted by atomic mass is 35.5. The summed E-state index contributed by atoms with van der Waals surface area (Å²) in [6.07, 6.45) is 7.34. The van der Waals surface area contributed by atoms with Gasteiger partial charge in [0, 0.05) is 25.2 Å². The molecule has 2 aliphatic rings. The number of ether oxygens (including phenoxy) is 2. The van der Waals surface area contributed by atoms with E-state index in [0.29, 0.717) is 23.7 Å². The second-order valence-electron chi connectivity index (χ2n) is 10.5. The highest BCUT2D eigenvalue weighted by Gasteiger charge is 2.25. The van der Waals surface area contributed by atoms with Crippen LogP contribution in [0.1, 0.15) is 45.4 Å². The lowest BCUT2D eigenvalue weighted by Crippen LogP contribution is -2.35. The fraction of sp³-hybridized carbons (Fsp3) is 0.448. The Labute approximate surface area is 246 Å². The molecule has 41 heavy (non-hydrogen) atoms. The first-order valence-electron chi connectivity index (χ1n) is 14.1. The van der Waals surface area contributed by atoms with Crippen LogP contribution >= 0.6 is 11.6 Å². The summed E-state index contributed by atoms with van der Waals surface area (Å²) in [4.78, 5) is 11.3. The number of piperidine rings is 1. The largest absolute Gasteiger partial charge is 0.492 e. The number of rotatable bonds is 11. The molecule has 2 aromatic carbocycles. The third-order valence-electron chi connectivity index (χ3n) is 7.32. The van der Waals surface area contributed by atoms with Gasteiger partial charge in [0.25, 0.3) is 0 Å². The Bertz CT molecular complexity index is 1440.